The van der Waals surface area contributed by atoms with Crippen molar-refractivity contribution in [1.82, 2.24) is 14.7 Å². The monoisotopic (exact) mass is 573 g/mol. The van der Waals surface area contributed by atoms with E-state index in [2.05, 4.69) is 0 Å². The molecule has 4 aliphatic heterocycles. The van der Waals surface area contributed by atoms with Gasteiger partial charge in [0.15, 0.2) is 0 Å². The van der Waals surface area contributed by atoms with E-state index in [0.29, 0.717) is 57.0 Å². The van der Waals surface area contributed by atoms with Crippen molar-refractivity contribution in [2.45, 2.75) is 70.4 Å². The van der Waals surface area contributed by atoms with Crippen LogP contribution in [0, 0.1) is 5.41 Å². The molecule has 2 bridgehead atoms. The Kier molecular flexibility index (Phi) is 8.79. The molecule has 8 heteroatoms. The number of likely N-dealkylation sites (tertiary alicyclic amines) is 2. The van der Waals surface area contributed by atoms with Gasteiger partial charge in [-0.2, -0.15) is 0 Å². The van der Waals surface area contributed by atoms with Gasteiger partial charge in [0.25, 0.3) is 11.8 Å². The molecule has 42 heavy (non-hydrogen) atoms. The second-order valence-electron chi connectivity index (χ2n) is 12.6. The molecule has 0 aromatic heterocycles. The Bertz CT molecular complexity index is 1290. The molecule has 4 aliphatic rings. The first-order valence-electron chi connectivity index (χ1n) is 15.8. The van der Waals surface area contributed by atoms with E-state index in [1.807, 2.05) is 63.2 Å². The third kappa shape index (κ3) is 6.48. The lowest BCUT2D eigenvalue weighted by molar-refractivity contribution is -0.128. The Morgan fingerprint density at radius 3 is 2.60 bits per heavy atom. The van der Waals surface area contributed by atoms with Crippen LogP contribution in [0.3, 0.4) is 0 Å². The fourth-order valence-electron chi connectivity index (χ4n) is 7.05. The molecule has 2 aromatic rings. The molecule has 8 nitrogen and oxygen atoms in total. The number of piperidine rings is 1. The molecular weight excluding hydrogens is 530 g/mol. The second-order valence-corrected chi connectivity index (χ2v) is 12.6. The van der Waals surface area contributed by atoms with E-state index >= 15 is 0 Å². The minimum atomic E-state index is -0.0328. The molecule has 4 heterocycles. The van der Waals surface area contributed by atoms with Gasteiger partial charge in [-0.05, 0) is 80.8 Å². The summed E-state index contributed by atoms with van der Waals surface area (Å²) in [5.41, 5.74) is 2.32. The number of carbonyl (C=O) groups is 3. The predicted molar refractivity (Wildman–Crippen MR) is 159 cm³/mol. The predicted octanol–water partition coefficient (Wildman–Crippen LogP) is 4.92. The molecule has 6 rings (SSSR count). The molecule has 3 amide bonds. The van der Waals surface area contributed by atoms with Crippen LogP contribution in [0.4, 0.5) is 0 Å². The molecular formula is C34H43N3O5. The number of rotatable bonds is 3. The first-order valence-corrected chi connectivity index (χ1v) is 15.8. The van der Waals surface area contributed by atoms with Gasteiger partial charge in [-0.25, -0.2) is 0 Å². The van der Waals surface area contributed by atoms with Crippen LogP contribution in [-0.2, 0) is 16.1 Å². The van der Waals surface area contributed by atoms with Gasteiger partial charge < -0.3 is 24.2 Å². The topological polar surface area (TPSA) is 79.4 Å². The standard InChI is InChI=1S/C34H43N3O5/c38-31-12-6-16-36(31)23-26-7-3-8-27(21-26)32(39)35-18-14-34(15-19-35)13-1-2-20-41-24-29-10-5-17-37(29)33(40)28-9-4-11-30(22-28)42-25-34/h3-4,7-9,11,21-22,29H,1-2,5-6,10,12-20,23-25H2/t29-/m0/s1. The third-order valence-corrected chi connectivity index (χ3v) is 9.65. The van der Waals surface area contributed by atoms with Gasteiger partial charge in [0, 0.05) is 62.3 Å². The fraction of sp³-hybridized carbons (Fsp3) is 0.559. The number of carbonyl (C=O) groups excluding carboxylic acids is 3. The largest absolute Gasteiger partial charge is 0.493 e. The van der Waals surface area contributed by atoms with E-state index in [0.717, 1.165) is 75.8 Å². The van der Waals surface area contributed by atoms with Crippen LogP contribution in [0.5, 0.6) is 5.75 Å². The smallest absolute Gasteiger partial charge is 0.254 e. The van der Waals surface area contributed by atoms with E-state index in [1.54, 1.807) is 0 Å². The van der Waals surface area contributed by atoms with Gasteiger partial charge >= 0.3 is 0 Å². The molecule has 0 N–H and O–H groups in total. The van der Waals surface area contributed by atoms with Crippen molar-refractivity contribution in [3.05, 3.63) is 65.2 Å². The minimum absolute atomic E-state index is 0.0328. The van der Waals surface area contributed by atoms with Gasteiger partial charge in [-0.1, -0.05) is 24.6 Å². The quantitative estimate of drug-likeness (QED) is 0.521. The summed E-state index contributed by atoms with van der Waals surface area (Å²) in [5.74, 6) is 1.03. The lowest BCUT2D eigenvalue weighted by Gasteiger charge is -2.42. The molecule has 2 aromatic carbocycles. The normalized spacial score (nSPS) is 23.3. The molecule has 0 unspecified atom stereocenters. The van der Waals surface area contributed by atoms with Crippen molar-refractivity contribution in [2.75, 3.05) is 46.0 Å². The van der Waals surface area contributed by atoms with Gasteiger partial charge in [-0.15, -0.1) is 0 Å². The summed E-state index contributed by atoms with van der Waals surface area (Å²) in [6.07, 6.45) is 8.32. The fourth-order valence-corrected chi connectivity index (χ4v) is 7.05. The van der Waals surface area contributed by atoms with Crippen LogP contribution in [0.15, 0.2) is 48.5 Å². The number of amides is 3. The Labute approximate surface area is 248 Å². The van der Waals surface area contributed by atoms with E-state index in [-0.39, 0.29) is 29.2 Å². The van der Waals surface area contributed by atoms with Crippen molar-refractivity contribution in [2.24, 2.45) is 5.41 Å². The van der Waals surface area contributed by atoms with Crippen molar-refractivity contribution < 1.29 is 23.9 Å². The van der Waals surface area contributed by atoms with Crippen LogP contribution in [0.1, 0.15) is 84.1 Å². The number of nitrogens with zero attached hydrogens (tertiary/aromatic N) is 3. The first-order chi connectivity index (χ1) is 20.5. The van der Waals surface area contributed by atoms with Crippen LogP contribution in [-0.4, -0.2) is 84.5 Å². The third-order valence-electron chi connectivity index (χ3n) is 9.65. The highest BCUT2D eigenvalue weighted by molar-refractivity contribution is 5.95. The van der Waals surface area contributed by atoms with Gasteiger partial charge in [0.1, 0.15) is 5.75 Å². The van der Waals surface area contributed by atoms with Crippen LogP contribution < -0.4 is 4.74 Å². The average Bonchev–Trinajstić information content (AvgIpc) is 3.66. The van der Waals surface area contributed by atoms with Crippen molar-refractivity contribution in [1.29, 1.82) is 0 Å². The molecule has 224 valence electrons. The van der Waals surface area contributed by atoms with E-state index in [9.17, 15) is 14.4 Å². The number of ether oxygens (including phenoxy) is 2. The maximum atomic E-state index is 13.5. The Morgan fingerprint density at radius 1 is 0.905 bits per heavy atom. The number of benzene rings is 2. The summed E-state index contributed by atoms with van der Waals surface area (Å²) in [6, 6.07) is 15.5. The van der Waals surface area contributed by atoms with Crippen LogP contribution in [0.2, 0.25) is 0 Å². The molecule has 1 spiro atoms. The Balaban J connectivity index is 1.11. The highest BCUT2D eigenvalue weighted by Gasteiger charge is 2.37. The average molecular weight is 574 g/mol. The summed E-state index contributed by atoms with van der Waals surface area (Å²) in [5, 5.41) is 0. The molecule has 1 atom stereocenters. The summed E-state index contributed by atoms with van der Waals surface area (Å²) in [4.78, 5) is 44.7. The Morgan fingerprint density at radius 2 is 1.76 bits per heavy atom. The SMILES string of the molecule is O=C1CCCN1Cc1cccc(C(=O)N2CCC3(CCCCOC[C@@H]4CCCN4C(=O)c4cccc(c4)OC3)CC2)c1. The number of hydrogen-bond acceptors (Lipinski definition) is 5. The first kappa shape index (κ1) is 28.7. The van der Waals surface area contributed by atoms with Crippen molar-refractivity contribution in [3.8, 4) is 5.75 Å². The highest BCUT2D eigenvalue weighted by Crippen LogP contribution is 2.38. The molecule has 3 saturated heterocycles. The van der Waals surface area contributed by atoms with Crippen molar-refractivity contribution in [3.63, 3.8) is 0 Å². The molecule has 0 saturated carbocycles. The zero-order valence-electron chi connectivity index (χ0n) is 24.6. The lowest BCUT2D eigenvalue weighted by Crippen LogP contribution is -2.45. The summed E-state index contributed by atoms with van der Waals surface area (Å²) in [6.45, 7) is 5.37. The number of fused-ring (bicyclic) bond motifs is 3. The summed E-state index contributed by atoms with van der Waals surface area (Å²) >= 11 is 0. The van der Waals surface area contributed by atoms with Gasteiger partial charge in [-0.3, -0.25) is 14.4 Å². The van der Waals surface area contributed by atoms with Gasteiger partial charge in [0.05, 0.1) is 19.3 Å². The molecule has 0 aliphatic carbocycles. The van der Waals surface area contributed by atoms with E-state index in [1.165, 1.54) is 0 Å². The molecule has 0 radical (unpaired) electrons. The van der Waals surface area contributed by atoms with Crippen LogP contribution in [0.25, 0.3) is 0 Å². The molecule has 3 fully saturated rings. The maximum Gasteiger partial charge on any atom is 0.254 e. The van der Waals surface area contributed by atoms with E-state index < -0.39 is 0 Å². The summed E-state index contributed by atoms with van der Waals surface area (Å²) < 4.78 is 12.5. The summed E-state index contributed by atoms with van der Waals surface area (Å²) in [7, 11) is 0. The second kappa shape index (κ2) is 12.9. The zero-order valence-corrected chi connectivity index (χ0v) is 24.6. The van der Waals surface area contributed by atoms with Gasteiger partial charge in [0.2, 0.25) is 5.91 Å². The Hall–Kier alpha value is -3.39. The van der Waals surface area contributed by atoms with Crippen LogP contribution >= 0.6 is 0 Å². The van der Waals surface area contributed by atoms with E-state index in [4.69, 9.17) is 9.47 Å². The number of hydrogen-bond donors (Lipinski definition) is 0. The van der Waals surface area contributed by atoms with Crippen molar-refractivity contribution >= 4 is 17.7 Å². The zero-order chi connectivity index (χ0) is 28.9. The minimum Gasteiger partial charge on any atom is -0.493 e. The highest BCUT2D eigenvalue weighted by atomic mass is 16.5. The maximum absolute atomic E-state index is 13.5. The lowest BCUT2D eigenvalue weighted by atomic mass is 9.75.